The fourth-order valence-corrected chi connectivity index (χ4v) is 4.45. The van der Waals surface area contributed by atoms with E-state index < -0.39 is 15.6 Å². The summed E-state index contributed by atoms with van der Waals surface area (Å²) in [5, 5.41) is 12.6. The minimum atomic E-state index is -3.77. The maximum atomic E-state index is 12.8. The van der Waals surface area contributed by atoms with Crippen molar-refractivity contribution in [1.29, 1.82) is 5.26 Å². The van der Waals surface area contributed by atoms with Crippen LogP contribution in [0.25, 0.3) is 0 Å². The first-order valence-corrected chi connectivity index (χ1v) is 9.28. The van der Waals surface area contributed by atoms with Crippen molar-refractivity contribution in [2.24, 2.45) is 0 Å². The van der Waals surface area contributed by atoms with Crippen molar-refractivity contribution in [1.82, 2.24) is 14.9 Å². The zero-order valence-corrected chi connectivity index (χ0v) is 14.1. The quantitative estimate of drug-likeness (QED) is 0.910. The van der Waals surface area contributed by atoms with Crippen LogP contribution in [0.4, 0.5) is 0 Å². The number of rotatable bonds is 4. The first-order valence-electron chi connectivity index (χ1n) is 7.80. The number of nitrogens with zero attached hydrogens (tertiary/aromatic N) is 3. The monoisotopic (exact) mass is 346 g/mol. The molecule has 24 heavy (non-hydrogen) atoms. The molecule has 0 atom stereocenters. The summed E-state index contributed by atoms with van der Waals surface area (Å²) in [6, 6.07) is 7.80. The standard InChI is InChI=1S/C16H18N4O3S/c1-12-18-15(23-19-12)16(9-3-2-4-10-16)20-24(21,22)14-7-5-13(11-17)6-8-14/h5-8,20H,2-4,9-10H2,1H3. The van der Waals surface area contributed by atoms with Gasteiger partial charge in [-0.05, 0) is 44.0 Å². The Bertz CT molecular complexity index is 859. The lowest BCUT2D eigenvalue weighted by Crippen LogP contribution is -2.47. The molecule has 0 unspecified atom stereocenters. The smallest absolute Gasteiger partial charge is 0.247 e. The minimum Gasteiger partial charge on any atom is -0.337 e. The van der Waals surface area contributed by atoms with Crippen molar-refractivity contribution in [2.75, 3.05) is 0 Å². The molecule has 2 aromatic rings. The highest BCUT2D eigenvalue weighted by Crippen LogP contribution is 2.37. The van der Waals surface area contributed by atoms with Gasteiger partial charge in [-0.15, -0.1) is 0 Å². The Hall–Kier alpha value is -2.24. The molecule has 1 aliphatic carbocycles. The van der Waals surface area contributed by atoms with Crippen LogP contribution < -0.4 is 4.72 Å². The lowest BCUT2D eigenvalue weighted by molar-refractivity contribution is 0.199. The van der Waals surface area contributed by atoms with E-state index in [2.05, 4.69) is 14.9 Å². The van der Waals surface area contributed by atoms with Crippen LogP contribution in [-0.4, -0.2) is 18.6 Å². The minimum absolute atomic E-state index is 0.114. The number of benzene rings is 1. The molecule has 1 saturated carbocycles. The Kier molecular flexibility index (Phi) is 4.39. The summed E-state index contributed by atoms with van der Waals surface area (Å²) in [7, 11) is -3.77. The van der Waals surface area contributed by atoms with E-state index in [1.54, 1.807) is 6.92 Å². The molecule has 1 aliphatic rings. The topological polar surface area (TPSA) is 109 Å². The van der Waals surface area contributed by atoms with Crippen molar-refractivity contribution in [3.63, 3.8) is 0 Å². The number of hydrogen-bond acceptors (Lipinski definition) is 6. The zero-order chi connectivity index (χ0) is 17.2. The van der Waals surface area contributed by atoms with Crippen LogP contribution in [0.2, 0.25) is 0 Å². The average Bonchev–Trinajstić information content (AvgIpc) is 3.02. The second-order valence-electron chi connectivity index (χ2n) is 6.03. The third-order valence-corrected chi connectivity index (χ3v) is 5.82. The lowest BCUT2D eigenvalue weighted by atomic mass is 9.82. The lowest BCUT2D eigenvalue weighted by Gasteiger charge is -2.34. The van der Waals surface area contributed by atoms with Gasteiger partial charge in [0.1, 0.15) is 5.54 Å². The average molecular weight is 346 g/mol. The fourth-order valence-electron chi connectivity index (χ4n) is 3.03. The molecule has 0 saturated heterocycles. The number of aromatic nitrogens is 2. The van der Waals surface area contributed by atoms with Gasteiger partial charge in [-0.25, -0.2) is 8.42 Å². The van der Waals surface area contributed by atoms with E-state index in [1.165, 1.54) is 24.3 Å². The molecule has 0 aliphatic heterocycles. The van der Waals surface area contributed by atoms with Crippen LogP contribution in [0.1, 0.15) is 49.4 Å². The third-order valence-electron chi connectivity index (χ3n) is 4.27. The van der Waals surface area contributed by atoms with E-state index >= 15 is 0 Å². The Morgan fingerprint density at radius 1 is 1.21 bits per heavy atom. The maximum Gasteiger partial charge on any atom is 0.247 e. The van der Waals surface area contributed by atoms with Gasteiger partial charge in [0, 0.05) is 0 Å². The summed E-state index contributed by atoms with van der Waals surface area (Å²) in [4.78, 5) is 4.38. The summed E-state index contributed by atoms with van der Waals surface area (Å²) < 4.78 is 33.7. The first-order chi connectivity index (χ1) is 11.5. The van der Waals surface area contributed by atoms with E-state index in [9.17, 15) is 8.42 Å². The van der Waals surface area contributed by atoms with Crippen molar-refractivity contribution < 1.29 is 12.9 Å². The number of nitrogens with one attached hydrogen (secondary N) is 1. The van der Waals surface area contributed by atoms with Gasteiger partial charge in [-0.3, -0.25) is 0 Å². The molecule has 1 fully saturated rings. The highest BCUT2D eigenvalue weighted by Gasteiger charge is 2.42. The second-order valence-corrected chi connectivity index (χ2v) is 7.71. The van der Waals surface area contributed by atoms with Crippen LogP contribution in [0.15, 0.2) is 33.7 Å². The molecule has 0 spiro atoms. The molecular formula is C16H18N4O3S. The van der Waals surface area contributed by atoms with Crippen molar-refractivity contribution in [2.45, 2.75) is 49.5 Å². The molecular weight excluding hydrogens is 328 g/mol. The van der Waals surface area contributed by atoms with Crippen molar-refractivity contribution in [3.05, 3.63) is 41.5 Å². The Labute approximate surface area is 140 Å². The summed E-state index contributed by atoms with van der Waals surface area (Å²) in [6.07, 6.45) is 4.05. The fraction of sp³-hybridized carbons (Fsp3) is 0.438. The van der Waals surface area contributed by atoms with Gasteiger partial charge in [0.2, 0.25) is 15.9 Å². The van der Waals surface area contributed by atoms with Crippen molar-refractivity contribution in [3.8, 4) is 6.07 Å². The summed E-state index contributed by atoms with van der Waals surface area (Å²) in [5.74, 6) is 0.796. The molecule has 7 nitrogen and oxygen atoms in total. The van der Waals surface area contributed by atoms with Crippen LogP contribution in [-0.2, 0) is 15.6 Å². The van der Waals surface area contributed by atoms with Gasteiger partial charge in [0.25, 0.3) is 0 Å². The molecule has 1 heterocycles. The molecule has 1 aromatic carbocycles. The normalized spacial score (nSPS) is 17.3. The molecule has 3 rings (SSSR count). The van der Waals surface area contributed by atoms with E-state index in [4.69, 9.17) is 9.78 Å². The molecule has 126 valence electrons. The first kappa shape index (κ1) is 16.6. The summed E-state index contributed by atoms with van der Waals surface area (Å²) in [5.41, 5.74) is -0.458. The molecule has 1 aromatic heterocycles. The zero-order valence-electron chi connectivity index (χ0n) is 13.3. The van der Waals surface area contributed by atoms with E-state index in [0.29, 0.717) is 30.1 Å². The van der Waals surface area contributed by atoms with Gasteiger partial charge in [-0.2, -0.15) is 15.0 Å². The Morgan fingerprint density at radius 3 is 2.42 bits per heavy atom. The van der Waals surface area contributed by atoms with Crippen LogP contribution in [0.5, 0.6) is 0 Å². The van der Waals surface area contributed by atoms with Gasteiger partial charge in [0.05, 0.1) is 16.5 Å². The van der Waals surface area contributed by atoms with Crippen LogP contribution in [0.3, 0.4) is 0 Å². The number of sulfonamides is 1. The number of hydrogen-bond donors (Lipinski definition) is 1. The summed E-state index contributed by atoms with van der Waals surface area (Å²) >= 11 is 0. The van der Waals surface area contributed by atoms with Gasteiger partial charge < -0.3 is 4.52 Å². The van der Waals surface area contributed by atoms with Gasteiger partial charge >= 0.3 is 0 Å². The molecule has 0 bridgehead atoms. The van der Waals surface area contributed by atoms with Crippen molar-refractivity contribution >= 4 is 10.0 Å². The predicted octanol–water partition coefficient (Wildman–Crippen LogP) is 2.39. The van der Waals surface area contributed by atoms with Crippen LogP contribution >= 0.6 is 0 Å². The van der Waals surface area contributed by atoms with Crippen LogP contribution in [0, 0.1) is 18.3 Å². The third kappa shape index (κ3) is 3.18. The maximum absolute atomic E-state index is 12.8. The Morgan fingerprint density at radius 2 is 1.88 bits per heavy atom. The number of nitriles is 1. The highest BCUT2D eigenvalue weighted by molar-refractivity contribution is 7.89. The number of aryl methyl sites for hydroxylation is 1. The Balaban J connectivity index is 1.95. The van der Waals surface area contributed by atoms with E-state index in [-0.39, 0.29) is 4.90 Å². The predicted molar refractivity (Wildman–Crippen MR) is 85.3 cm³/mol. The molecule has 1 N–H and O–H groups in total. The van der Waals surface area contributed by atoms with E-state index in [1.807, 2.05) is 6.07 Å². The molecule has 0 radical (unpaired) electrons. The van der Waals surface area contributed by atoms with E-state index in [0.717, 1.165) is 19.3 Å². The molecule has 0 amide bonds. The van der Waals surface area contributed by atoms with Gasteiger partial charge in [0.15, 0.2) is 5.82 Å². The second kappa shape index (κ2) is 6.34. The summed E-state index contributed by atoms with van der Waals surface area (Å²) in [6.45, 7) is 1.71. The highest BCUT2D eigenvalue weighted by atomic mass is 32.2. The molecule has 8 heteroatoms. The SMILES string of the molecule is Cc1noc(C2(NS(=O)(=O)c3ccc(C#N)cc3)CCCCC2)n1. The largest absolute Gasteiger partial charge is 0.337 e. The van der Waals surface area contributed by atoms with Gasteiger partial charge in [-0.1, -0.05) is 24.4 Å².